The van der Waals surface area contributed by atoms with E-state index >= 15 is 0 Å². The molecule has 7 nitrogen and oxygen atoms in total. The number of ether oxygens (including phenoxy) is 1. The van der Waals surface area contributed by atoms with Crippen LogP contribution in [0.5, 0.6) is 0 Å². The Morgan fingerprint density at radius 2 is 2.04 bits per heavy atom. The molecule has 2 fully saturated rings. The van der Waals surface area contributed by atoms with Crippen LogP contribution in [0, 0.1) is 12.8 Å². The number of carbonyl (C=O) groups is 1. The van der Waals surface area contributed by atoms with Crippen molar-refractivity contribution in [2.75, 3.05) is 19.7 Å². The number of aryl methyl sites for hydroxylation is 1. The minimum absolute atomic E-state index is 0.0707. The van der Waals surface area contributed by atoms with Gasteiger partial charge in [0, 0.05) is 44.8 Å². The topological polar surface area (TPSA) is 69.4 Å². The minimum Gasteiger partial charge on any atom is -0.376 e. The van der Waals surface area contributed by atoms with Gasteiger partial charge in [-0.25, -0.2) is 0 Å². The molecule has 7 heteroatoms. The number of aromatic nitrogens is 3. The molecule has 0 bridgehead atoms. The number of hydrogen-bond acceptors (Lipinski definition) is 4. The van der Waals surface area contributed by atoms with Gasteiger partial charge in [-0.3, -0.25) is 14.3 Å². The Balaban J connectivity index is 1.43. The SMILES string of the molecule is Cc1ccn(CC2CCCO2)c(=O)c1C(=O)N1CCC(Cn2cccn2)CC1. The van der Waals surface area contributed by atoms with Crippen molar-refractivity contribution in [1.29, 1.82) is 0 Å². The van der Waals surface area contributed by atoms with Crippen molar-refractivity contribution in [3.8, 4) is 0 Å². The van der Waals surface area contributed by atoms with Gasteiger partial charge in [-0.05, 0) is 56.2 Å². The molecule has 0 radical (unpaired) electrons. The Morgan fingerprint density at radius 3 is 2.71 bits per heavy atom. The summed E-state index contributed by atoms with van der Waals surface area (Å²) in [6.07, 6.45) is 9.48. The summed E-state index contributed by atoms with van der Waals surface area (Å²) in [7, 11) is 0. The van der Waals surface area contributed by atoms with Gasteiger partial charge in [-0.15, -0.1) is 0 Å². The highest BCUT2D eigenvalue weighted by molar-refractivity contribution is 5.95. The Bertz CT molecular complexity index is 860. The lowest BCUT2D eigenvalue weighted by molar-refractivity contribution is 0.0675. The van der Waals surface area contributed by atoms with Crippen LogP contribution in [0.4, 0.5) is 0 Å². The molecule has 4 rings (SSSR count). The van der Waals surface area contributed by atoms with Crippen LogP contribution >= 0.6 is 0 Å². The van der Waals surface area contributed by atoms with Crippen LogP contribution in [0.3, 0.4) is 0 Å². The zero-order valence-electron chi connectivity index (χ0n) is 16.4. The van der Waals surface area contributed by atoms with Crippen molar-refractivity contribution >= 4 is 5.91 Å². The fourth-order valence-electron chi connectivity index (χ4n) is 4.23. The standard InChI is InChI=1S/C21H28N4O3/c1-16-5-10-24(15-18-4-2-13-28-18)21(27)19(16)20(26)23-11-6-17(7-12-23)14-25-9-3-8-22-25/h3,5,8-10,17-18H,2,4,6-7,11-15H2,1H3. The zero-order chi connectivity index (χ0) is 19.5. The lowest BCUT2D eigenvalue weighted by Crippen LogP contribution is -2.43. The molecule has 0 spiro atoms. The largest absolute Gasteiger partial charge is 0.376 e. The molecule has 2 aliphatic heterocycles. The Kier molecular flexibility index (Phi) is 5.62. The third-order valence-corrected chi connectivity index (χ3v) is 5.92. The third-order valence-electron chi connectivity index (χ3n) is 5.92. The molecule has 2 saturated heterocycles. The summed E-state index contributed by atoms with van der Waals surface area (Å²) in [5, 5.41) is 4.27. The quantitative estimate of drug-likeness (QED) is 0.792. The molecule has 2 aromatic heterocycles. The Hall–Kier alpha value is -2.41. The van der Waals surface area contributed by atoms with Crippen molar-refractivity contribution in [1.82, 2.24) is 19.2 Å². The van der Waals surface area contributed by atoms with Gasteiger partial charge >= 0.3 is 0 Å². The van der Waals surface area contributed by atoms with E-state index in [1.807, 2.05) is 34.8 Å². The van der Waals surface area contributed by atoms with Crippen molar-refractivity contribution in [3.05, 3.63) is 52.2 Å². The van der Waals surface area contributed by atoms with Crippen LogP contribution in [0.25, 0.3) is 0 Å². The summed E-state index contributed by atoms with van der Waals surface area (Å²) in [6.45, 7) is 5.37. The number of hydrogen-bond donors (Lipinski definition) is 0. The molecule has 0 N–H and O–H groups in total. The first-order valence-electron chi connectivity index (χ1n) is 10.2. The van der Waals surface area contributed by atoms with Gasteiger partial charge in [0.05, 0.1) is 12.6 Å². The van der Waals surface area contributed by atoms with Gasteiger partial charge in [0.25, 0.3) is 11.5 Å². The highest BCUT2D eigenvalue weighted by atomic mass is 16.5. The Labute approximate surface area is 164 Å². The first-order valence-corrected chi connectivity index (χ1v) is 10.2. The highest BCUT2D eigenvalue weighted by Crippen LogP contribution is 2.21. The number of amides is 1. The summed E-state index contributed by atoms with van der Waals surface area (Å²) < 4.78 is 9.24. The molecule has 0 aromatic carbocycles. The van der Waals surface area contributed by atoms with Crippen molar-refractivity contribution in [3.63, 3.8) is 0 Å². The van der Waals surface area contributed by atoms with Crippen LogP contribution in [0.1, 0.15) is 41.6 Å². The second-order valence-electron chi connectivity index (χ2n) is 7.93. The summed E-state index contributed by atoms with van der Waals surface area (Å²) >= 11 is 0. The number of pyridine rings is 1. The van der Waals surface area contributed by atoms with Crippen molar-refractivity contribution < 1.29 is 9.53 Å². The van der Waals surface area contributed by atoms with Gasteiger partial charge in [-0.1, -0.05) is 0 Å². The van der Waals surface area contributed by atoms with E-state index in [1.54, 1.807) is 17.0 Å². The second kappa shape index (κ2) is 8.31. The first-order chi connectivity index (χ1) is 13.6. The number of piperidine rings is 1. The number of nitrogens with zero attached hydrogens (tertiary/aromatic N) is 4. The third kappa shape index (κ3) is 4.04. The Morgan fingerprint density at radius 1 is 1.21 bits per heavy atom. The first kappa shape index (κ1) is 18.9. The normalized spacial score (nSPS) is 20.6. The van der Waals surface area contributed by atoms with Crippen molar-refractivity contribution in [2.45, 2.75) is 51.8 Å². The predicted octanol–water partition coefficient (Wildman–Crippen LogP) is 2.08. The number of likely N-dealkylation sites (tertiary alicyclic amines) is 1. The van der Waals surface area contributed by atoms with Crippen LogP contribution in [-0.4, -0.2) is 51.0 Å². The summed E-state index contributed by atoms with van der Waals surface area (Å²) in [6, 6.07) is 3.80. The van der Waals surface area contributed by atoms with E-state index in [2.05, 4.69) is 5.10 Å². The van der Waals surface area contributed by atoms with Crippen LogP contribution < -0.4 is 5.56 Å². The zero-order valence-corrected chi connectivity index (χ0v) is 16.4. The van der Waals surface area contributed by atoms with E-state index in [1.165, 1.54) is 0 Å². The maximum absolute atomic E-state index is 13.1. The van der Waals surface area contributed by atoms with E-state index < -0.39 is 0 Å². The lowest BCUT2D eigenvalue weighted by atomic mass is 9.96. The average Bonchev–Trinajstić information content (AvgIpc) is 3.39. The van der Waals surface area contributed by atoms with E-state index in [9.17, 15) is 9.59 Å². The van der Waals surface area contributed by atoms with E-state index in [-0.39, 0.29) is 17.6 Å². The van der Waals surface area contributed by atoms with Gasteiger partial charge in [0.15, 0.2) is 0 Å². The molecule has 1 amide bonds. The highest BCUT2D eigenvalue weighted by Gasteiger charge is 2.27. The second-order valence-corrected chi connectivity index (χ2v) is 7.93. The smallest absolute Gasteiger partial charge is 0.263 e. The summed E-state index contributed by atoms with van der Waals surface area (Å²) in [5.74, 6) is 0.374. The van der Waals surface area contributed by atoms with Gasteiger partial charge in [0.1, 0.15) is 5.56 Å². The van der Waals surface area contributed by atoms with Crippen molar-refractivity contribution in [2.24, 2.45) is 5.92 Å². The van der Waals surface area contributed by atoms with Gasteiger partial charge in [-0.2, -0.15) is 5.10 Å². The van der Waals surface area contributed by atoms with Crippen LogP contribution in [-0.2, 0) is 17.8 Å². The number of rotatable bonds is 5. The van der Waals surface area contributed by atoms with Crippen LogP contribution in [0.2, 0.25) is 0 Å². The maximum atomic E-state index is 13.1. The predicted molar refractivity (Wildman–Crippen MR) is 105 cm³/mol. The molecule has 2 aliphatic rings. The molecule has 0 aliphatic carbocycles. The summed E-state index contributed by atoms with van der Waals surface area (Å²) in [4.78, 5) is 27.9. The molecular weight excluding hydrogens is 356 g/mol. The fourth-order valence-corrected chi connectivity index (χ4v) is 4.23. The molecule has 4 heterocycles. The van der Waals surface area contributed by atoms with Gasteiger partial charge in [0.2, 0.25) is 0 Å². The van der Waals surface area contributed by atoms with E-state index in [0.717, 1.165) is 44.4 Å². The monoisotopic (exact) mass is 384 g/mol. The fraction of sp³-hybridized carbons (Fsp3) is 0.571. The molecule has 28 heavy (non-hydrogen) atoms. The molecule has 2 aromatic rings. The number of carbonyl (C=O) groups excluding carboxylic acids is 1. The summed E-state index contributed by atoms with van der Waals surface area (Å²) in [5.41, 5.74) is 0.863. The molecule has 150 valence electrons. The van der Waals surface area contributed by atoms with E-state index in [4.69, 9.17) is 4.74 Å². The average molecular weight is 384 g/mol. The molecule has 1 unspecified atom stereocenters. The molecule has 1 atom stereocenters. The van der Waals surface area contributed by atoms with Crippen LogP contribution in [0.15, 0.2) is 35.5 Å². The van der Waals surface area contributed by atoms with E-state index in [0.29, 0.717) is 31.1 Å². The minimum atomic E-state index is -0.195. The molecular formula is C21H28N4O3. The lowest BCUT2D eigenvalue weighted by Gasteiger charge is -2.32. The van der Waals surface area contributed by atoms with Gasteiger partial charge < -0.3 is 14.2 Å². The maximum Gasteiger partial charge on any atom is 0.263 e. The molecule has 0 saturated carbocycles.